The van der Waals surface area contributed by atoms with Gasteiger partial charge < -0.3 is 25.4 Å². The first kappa shape index (κ1) is 12.2. The van der Waals surface area contributed by atoms with E-state index < -0.39 is 24.4 Å². The van der Waals surface area contributed by atoms with Gasteiger partial charge in [-0.2, -0.15) is 0 Å². The molecule has 17 heavy (non-hydrogen) atoms. The van der Waals surface area contributed by atoms with E-state index in [4.69, 9.17) is 9.84 Å². The number of aliphatic hydroxyl groups is 3. The van der Waals surface area contributed by atoms with Crippen molar-refractivity contribution in [1.82, 2.24) is 9.97 Å². The Morgan fingerprint density at radius 3 is 2.82 bits per heavy atom. The van der Waals surface area contributed by atoms with Crippen LogP contribution in [0.15, 0.2) is 18.6 Å². The molecule has 4 atom stereocenters. The first-order valence-corrected chi connectivity index (χ1v) is 5.33. The molecule has 0 radical (unpaired) electrons. The van der Waals surface area contributed by atoms with Crippen LogP contribution >= 0.6 is 0 Å². The highest BCUT2D eigenvalue weighted by Crippen LogP contribution is 2.17. The molecule has 1 fully saturated rings. The maximum atomic E-state index is 9.85. The third-order valence-corrected chi connectivity index (χ3v) is 2.71. The molecule has 1 saturated heterocycles. The number of nitrogens with zero attached hydrogens (tertiary/aromatic N) is 2. The predicted molar refractivity (Wildman–Crippen MR) is 58.3 cm³/mol. The molecule has 4 N–H and O–H groups in total. The Labute approximate surface area is 98.1 Å². The maximum Gasteiger partial charge on any atom is 0.144 e. The van der Waals surface area contributed by atoms with Crippen molar-refractivity contribution in [3.8, 4) is 0 Å². The molecule has 94 valence electrons. The molecular formula is C10H15N3O4. The van der Waals surface area contributed by atoms with Gasteiger partial charge in [-0.25, -0.2) is 4.98 Å². The quantitative estimate of drug-likeness (QED) is 0.503. The normalized spacial score (nSPS) is 33.4. The third kappa shape index (κ3) is 2.70. The van der Waals surface area contributed by atoms with Gasteiger partial charge in [0.25, 0.3) is 0 Å². The van der Waals surface area contributed by atoms with Crippen LogP contribution in [0.3, 0.4) is 0 Å². The minimum atomic E-state index is -1.12. The third-order valence-electron chi connectivity index (χ3n) is 2.71. The largest absolute Gasteiger partial charge is 0.394 e. The molecule has 7 nitrogen and oxygen atoms in total. The van der Waals surface area contributed by atoms with Crippen LogP contribution in [0.25, 0.3) is 0 Å². The van der Waals surface area contributed by atoms with Crippen molar-refractivity contribution in [1.29, 1.82) is 0 Å². The van der Waals surface area contributed by atoms with E-state index in [1.165, 1.54) is 18.6 Å². The summed E-state index contributed by atoms with van der Waals surface area (Å²) in [6.45, 7) is -0.143. The van der Waals surface area contributed by atoms with Gasteiger partial charge in [0, 0.05) is 12.4 Å². The average Bonchev–Trinajstić information content (AvgIpc) is 2.37. The van der Waals surface area contributed by atoms with Crippen molar-refractivity contribution in [2.75, 3.05) is 18.5 Å². The zero-order valence-corrected chi connectivity index (χ0v) is 9.10. The van der Waals surface area contributed by atoms with E-state index in [1.807, 2.05) is 0 Å². The summed E-state index contributed by atoms with van der Waals surface area (Å²) in [6.07, 6.45) is 1.67. The standard InChI is InChI=1S/C10H15N3O4/c14-4-7-10(16)9(15)6(5-17-7)13-8-3-11-1-2-12-8/h1-3,6-7,9-10,14-16H,4-5H2,(H,12,13)/t6-,7+,9+,10-/m0/s1. The Morgan fingerprint density at radius 1 is 1.35 bits per heavy atom. The lowest BCUT2D eigenvalue weighted by Gasteiger charge is -2.37. The molecule has 1 aliphatic heterocycles. The first-order chi connectivity index (χ1) is 8.22. The summed E-state index contributed by atoms with van der Waals surface area (Å²) in [5.74, 6) is 0.495. The molecule has 7 heteroatoms. The smallest absolute Gasteiger partial charge is 0.144 e. The van der Waals surface area contributed by atoms with Crippen LogP contribution in [0.2, 0.25) is 0 Å². The molecule has 0 saturated carbocycles. The number of rotatable bonds is 3. The van der Waals surface area contributed by atoms with Gasteiger partial charge in [0.15, 0.2) is 0 Å². The summed E-state index contributed by atoms with van der Waals surface area (Å²) in [5.41, 5.74) is 0. The Bertz CT molecular complexity index is 351. The molecular weight excluding hydrogens is 226 g/mol. The van der Waals surface area contributed by atoms with Crippen LogP contribution in [-0.2, 0) is 4.74 Å². The number of ether oxygens (including phenoxy) is 1. The average molecular weight is 241 g/mol. The van der Waals surface area contributed by atoms with Crippen LogP contribution in [0, 0.1) is 0 Å². The van der Waals surface area contributed by atoms with Gasteiger partial charge in [-0.05, 0) is 0 Å². The fourth-order valence-electron chi connectivity index (χ4n) is 1.73. The summed E-state index contributed by atoms with van der Waals surface area (Å²) >= 11 is 0. The second kappa shape index (κ2) is 5.37. The second-order valence-electron chi connectivity index (χ2n) is 3.88. The fraction of sp³-hybridized carbons (Fsp3) is 0.600. The van der Waals surface area contributed by atoms with E-state index in [0.717, 1.165) is 0 Å². The van der Waals surface area contributed by atoms with Gasteiger partial charge in [-0.15, -0.1) is 0 Å². The highest BCUT2D eigenvalue weighted by atomic mass is 16.5. The van der Waals surface area contributed by atoms with Crippen LogP contribution in [0.1, 0.15) is 0 Å². The lowest BCUT2D eigenvalue weighted by molar-refractivity contribution is -0.152. The second-order valence-corrected chi connectivity index (χ2v) is 3.88. The molecule has 1 aromatic rings. The van der Waals surface area contributed by atoms with E-state index in [0.29, 0.717) is 5.82 Å². The van der Waals surface area contributed by atoms with Gasteiger partial charge >= 0.3 is 0 Å². The lowest BCUT2D eigenvalue weighted by atomic mass is 9.98. The molecule has 2 rings (SSSR count). The van der Waals surface area contributed by atoms with Crippen molar-refractivity contribution in [3.63, 3.8) is 0 Å². The highest BCUT2D eigenvalue weighted by Gasteiger charge is 2.38. The van der Waals surface area contributed by atoms with Gasteiger partial charge in [0.05, 0.1) is 25.5 Å². The topological polar surface area (TPSA) is 108 Å². The van der Waals surface area contributed by atoms with E-state index in [-0.39, 0.29) is 13.2 Å². The Hall–Kier alpha value is -1.28. The van der Waals surface area contributed by atoms with Crippen molar-refractivity contribution in [2.24, 2.45) is 0 Å². The Morgan fingerprint density at radius 2 is 2.18 bits per heavy atom. The van der Waals surface area contributed by atoms with E-state index in [2.05, 4.69) is 15.3 Å². The number of anilines is 1. The van der Waals surface area contributed by atoms with E-state index in [1.54, 1.807) is 0 Å². The van der Waals surface area contributed by atoms with Crippen molar-refractivity contribution >= 4 is 5.82 Å². The SMILES string of the molecule is OC[C@H]1OC[C@H](Nc2cnccn2)[C@@H](O)[C@H]1O. The van der Waals surface area contributed by atoms with Gasteiger partial charge in [0.1, 0.15) is 24.1 Å². The summed E-state index contributed by atoms with van der Waals surface area (Å²) < 4.78 is 5.22. The maximum absolute atomic E-state index is 9.85. The van der Waals surface area contributed by atoms with Crippen LogP contribution in [0.5, 0.6) is 0 Å². The van der Waals surface area contributed by atoms with E-state index in [9.17, 15) is 10.2 Å². The molecule has 0 aromatic carbocycles. The Kier molecular flexibility index (Phi) is 3.85. The van der Waals surface area contributed by atoms with Crippen LogP contribution < -0.4 is 5.32 Å². The number of nitrogens with one attached hydrogen (secondary N) is 1. The van der Waals surface area contributed by atoms with Crippen molar-refractivity contribution in [2.45, 2.75) is 24.4 Å². The minimum absolute atomic E-state index is 0.181. The summed E-state index contributed by atoms with van der Waals surface area (Å²) in [6, 6.07) is -0.482. The van der Waals surface area contributed by atoms with Crippen LogP contribution in [-0.4, -0.2) is 62.9 Å². The molecule has 0 spiro atoms. The predicted octanol–water partition coefficient (Wildman–Crippen LogP) is -1.63. The van der Waals surface area contributed by atoms with Gasteiger partial charge in [-0.1, -0.05) is 0 Å². The van der Waals surface area contributed by atoms with E-state index >= 15 is 0 Å². The number of hydrogen-bond acceptors (Lipinski definition) is 7. The number of aliphatic hydroxyl groups excluding tert-OH is 3. The lowest BCUT2D eigenvalue weighted by Crippen LogP contribution is -2.56. The summed E-state index contributed by atoms with van der Waals surface area (Å²) in [7, 11) is 0. The molecule has 0 bridgehead atoms. The molecule has 0 aliphatic carbocycles. The molecule has 0 amide bonds. The molecule has 0 unspecified atom stereocenters. The summed E-state index contributed by atoms with van der Waals surface area (Å²) in [5, 5.41) is 31.4. The minimum Gasteiger partial charge on any atom is -0.394 e. The monoisotopic (exact) mass is 241 g/mol. The highest BCUT2D eigenvalue weighted by molar-refractivity contribution is 5.32. The first-order valence-electron chi connectivity index (χ1n) is 5.33. The molecule has 1 aromatic heterocycles. The van der Waals surface area contributed by atoms with Gasteiger partial charge in [0.2, 0.25) is 0 Å². The van der Waals surface area contributed by atoms with Crippen LogP contribution in [0.4, 0.5) is 5.82 Å². The zero-order chi connectivity index (χ0) is 12.3. The molecule has 2 heterocycles. The summed E-state index contributed by atoms with van der Waals surface area (Å²) in [4.78, 5) is 7.88. The van der Waals surface area contributed by atoms with Crippen molar-refractivity contribution in [3.05, 3.63) is 18.6 Å². The Balaban J connectivity index is 1.99. The fourth-order valence-corrected chi connectivity index (χ4v) is 1.73. The number of hydrogen-bond donors (Lipinski definition) is 4. The van der Waals surface area contributed by atoms with Gasteiger partial charge in [-0.3, -0.25) is 4.98 Å². The zero-order valence-electron chi connectivity index (χ0n) is 9.10. The number of aromatic nitrogens is 2. The van der Waals surface area contributed by atoms with Crippen molar-refractivity contribution < 1.29 is 20.1 Å². The molecule has 1 aliphatic rings.